The predicted molar refractivity (Wildman–Crippen MR) is 84.3 cm³/mol. The van der Waals surface area contributed by atoms with Crippen LogP contribution in [0.4, 0.5) is 0 Å². The lowest BCUT2D eigenvalue weighted by Gasteiger charge is -2.41. The van der Waals surface area contributed by atoms with Crippen LogP contribution in [0.2, 0.25) is 0 Å². The quantitative estimate of drug-likeness (QED) is 0.754. The number of hydrogen-bond donors (Lipinski definition) is 1. The lowest BCUT2D eigenvalue weighted by Crippen LogP contribution is -2.49. The van der Waals surface area contributed by atoms with Crippen LogP contribution in [0.5, 0.6) is 0 Å². The van der Waals surface area contributed by atoms with Gasteiger partial charge >= 0.3 is 0 Å². The molecular weight excluding hydrogens is 230 g/mol. The van der Waals surface area contributed by atoms with Crippen LogP contribution in [0.15, 0.2) is 0 Å². The number of nitrogens with one attached hydrogen (secondary N) is 1. The summed E-state index contributed by atoms with van der Waals surface area (Å²) in [6.07, 6.45) is 11.6. The van der Waals surface area contributed by atoms with Crippen molar-refractivity contribution in [2.75, 3.05) is 0 Å². The normalized spacial score (nSPS) is 35.5. The minimum Gasteiger partial charge on any atom is -0.311 e. The van der Waals surface area contributed by atoms with Gasteiger partial charge in [0.2, 0.25) is 0 Å². The molecule has 2 aliphatic carbocycles. The van der Waals surface area contributed by atoms with E-state index in [-0.39, 0.29) is 0 Å². The van der Waals surface area contributed by atoms with Gasteiger partial charge < -0.3 is 5.32 Å². The molecule has 2 saturated carbocycles. The molecule has 0 saturated heterocycles. The van der Waals surface area contributed by atoms with Gasteiger partial charge in [0.1, 0.15) is 0 Å². The summed E-state index contributed by atoms with van der Waals surface area (Å²) < 4.78 is 0. The van der Waals surface area contributed by atoms with E-state index in [4.69, 9.17) is 0 Å². The molecule has 0 aromatic rings. The van der Waals surface area contributed by atoms with E-state index >= 15 is 0 Å². The fourth-order valence-corrected chi connectivity index (χ4v) is 4.50. The second-order valence-corrected chi connectivity index (χ2v) is 7.79. The van der Waals surface area contributed by atoms with Gasteiger partial charge in [-0.3, -0.25) is 0 Å². The van der Waals surface area contributed by atoms with Crippen LogP contribution in [0.3, 0.4) is 0 Å². The molecule has 2 fully saturated rings. The smallest absolute Gasteiger partial charge is 0.0103 e. The Bertz CT molecular complexity index is 254. The van der Waals surface area contributed by atoms with E-state index in [0.29, 0.717) is 0 Å². The Labute approximate surface area is 120 Å². The van der Waals surface area contributed by atoms with E-state index < -0.39 is 0 Å². The summed E-state index contributed by atoms with van der Waals surface area (Å²) in [7, 11) is 0. The summed E-state index contributed by atoms with van der Waals surface area (Å²) in [6, 6.07) is 1.51. The first kappa shape index (κ1) is 15.4. The monoisotopic (exact) mass is 265 g/mol. The van der Waals surface area contributed by atoms with Gasteiger partial charge in [-0.15, -0.1) is 0 Å². The minimum absolute atomic E-state index is 0.733. The van der Waals surface area contributed by atoms with Crippen molar-refractivity contribution in [1.29, 1.82) is 0 Å². The summed E-state index contributed by atoms with van der Waals surface area (Å²) in [5.74, 6) is 3.61. The molecule has 0 aromatic carbocycles. The van der Waals surface area contributed by atoms with Gasteiger partial charge in [0.15, 0.2) is 0 Å². The van der Waals surface area contributed by atoms with Gasteiger partial charge in [-0.25, -0.2) is 0 Å². The largest absolute Gasteiger partial charge is 0.311 e. The summed E-state index contributed by atoms with van der Waals surface area (Å²) in [6.45, 7) is 9.73. The van der Waals surface area contributed by atoms with Crippen molar-refractivity contribution in [2.24, 2.45) is 23.7 Å². The maximum atomic E-state index is 4.05. The molecule has 4 atom stereocenters. The second kappa shape index (κ2) is 7.11. The average molecular weight is 265 g/mol. The Balaban J connectivity index is 1.90. The van der Waals surface area contributed by atoms with Gasteiger partial charge in [0.05, 0.1) is 0 Å². The Hall–Kier alpha value is -0.0400. The van der Waals surface area contributed by atoms with E-state index in [9.17, 15) is 0 Å². The zero-order valence-electron chi connectivity index (χ0n) is 13.6. The molecule has 19 heavy (non-hydrogen) atoms. The van der Waals surface area contributed by atoms with E-state index in [1.54, 1.807) is 0 Å². The molecule has 0 spiro atoms. The highest BCUT2D eigenvalue weighted by atomic mass is 15.0. The minimum atomic E-state index is 0.733. The zero-order valence-corrected chi connectivity index (χ0v) is 13.6. The van der Waals surface area contributed by atoms with Crippen molar-refractivity contribution in [2.45, 2.75) is 91.1 Å². The highest BCUT2D eigenvalue weighted by Gasteiger charge is 2.32. The molecule has 1 N–H and O–H groups in total. The Kier molecular flexibility index (Phi) is 5.74. The highest BCUT2D eigenvalue weighted by Crippen LogP contribution is 2.35. The molecule has 0 bridgehead atoms. The van der Waals surface area contributed by atoms with Crippen LogP contribution < -0.4 is 5.32 Å². The molecule has 0 aliphatic heterocycles. The van der Waals surface area contributed by atoms with Crippen LogP contribution in [0, 0.1) is 23.7 Å². The van der Waals surface area contributed by atoms with Crippen molar-refractivity contribution in [1.82, 2.24) is 5.32 Å². The van der Waals surface area contributed by atoms with E-state index in [0.717, 1.165) is 35.8 Å². The maximum Gasteiger partial charge on any atom is 0.0103 e. The molecule has 0 aromatic heterocycles. The van der Waals surface area contributed by atoms with Crippen LogP contribution in [-0.2, 0) is 0 Å². The van der Waals surface area contributed by atoms with Gasteiger partial charge in [-0.1, -0.05) is 46.5 Å². The first-order chi connectivity index (χ1) is 9.08. The molecule has 2 rings (SSSR count). The summed E-state index contributed by atoms with van der Waals surface area (Å²) in [5, 5.41) is 4.05. The molecule has 0 radical (unpaired) electrons. The van der Waals surface area contributed by atoms with Crippen molar-refractivity contribution >= 4 is 0 Å². The lowest BCUT2D eigenvalue weighted by atomic mass is 9.73. The van der Waals surface area contributed by atoms with Crippen LogP contribution in [0.1, 0.15) is 79.1 Å². The summed E-state index contributed by atoms with van der Waals surface area (Å²) in [5.41, 5.74) is 0. The third kappa shape index (κ3) is 4.21. The molecule has 0 heterocycles. The lowest BCUT2D eigenvalue weighted by molar-refractivity contribution is 0.143. The van der Waals surface area contributed by atoms with Gasteiger partial charge in [-0.05, 0) is 56.3 Å². The molecule has 2 aliphatic rings. The number of rotatable bonds is 4. The van der Waals surface area contributed by atoms with Crippen molar-refractivity contribution in [3.05, 3.63) is 0 Å². The maximum absolute atomic E-state index is 4.05. The number of hydrogen-bond acceptors (Lipinski definition) is 1. The highest BCUT2D eigenvalue weighted by molar-refractivity contribution is 4.88. The third-order valence-electron chi connectivity index (χ3n) is 5.86. The fraction of sp³-hybridized carbons (Fsp3) is 1.00. The van der Waals surface area contributed by atoms with Crippen LogP contribution in [-0.4, -0.2) is 12.1 Å². The van der Waals surface area contributed by atoms with Crippen LogP contribution in [0.25, 0.3) is 0 Å². The molecule has 4 unspecified atom stereocenters. The molecule has 112 valence electrons. The van der Waals surface area contributed by atoms with E-state index in [1.807, 2.05) is 0 Å². The first-order valence-electron chi connectivity index (χ1n) is 8.84. The standard InChI is InChI=1S/C18H35N/c1-13(2)17-11-10-14(3)12-18(17)19-15(4)16-8-6-5-7-9-16/h13-19H,5-12H2,1-4H3. The first-order valence-corrected chi connectivity index (χ1v) is 8.84. The summed E-state index contributed by atoms with van der Waals surface area (Å²) >= 11 is 0. The molecule has 1 heteroatoms. The topological polar surface area (TPSA) is 12.0 Å². The second-order valence-electron chi connectivity index (χ2n) is 7.79. The van der Waals surface area contributed by atoms with E-state index in [2.05, 4.69) is 33.0 Å². The average Bonchev–Trinajstić information content (AvgIpc) is 2.39. The Morgan fingerprint density at radius 2 is 1.58 bits per heavy atom. The predicted octanol–water partition coefficient (Wildman–Crippen LogP) is 5.01. The van der Waals surface area contributed by atoms with Crippen molar-refractivity contribution in [3.63, 3.8) is 0 Å². The third-order valence-corrected chi connectivity index (χ3v) is 5.86. The van der Waals surface area contributed by atoms with Gasteiger partial charge in [-0.2, -0.15) is 0 Å². The van der Waals surface area contributed by atoms with E-state index in [1.165, 1.54) is 51.4 Å². The molecule has 1 nitrogen and oxygen atoms in total. The van der Waals surface area contributed by atoms with Crippen LogP contribution >= 0.6 is 0 Å². The summed E-state index contributed by atoms with van der Waals surface area (Å²) in [4.78, 5) is 0. The van der Waals surface area contributed by atoms with Crippen molar-refractivity contribution in [3.8, 4) is 0 Å². The fourth-order valence-electron chi connectivity index (χ4n) is 4.50. The SMILES string of the molecule is CC1CCC(C(C)C)C(NC(C)C2CCCCC2)C1. The van der Waals surface area contributed by atoms with Gasteiger partial charge in [0.25, 0.3) is 0 Å². The molecular formula is C18H35N. The van der Waals surface area contributed by atoms with Crippen molar-refractivity contribution < 1.29 is 0 Å². The Morgan fingerprint density at radius 1 is 0.895 bits per heavy atom. The molecule has 0 amide bonds. The van der Waals surface area contributed by atoms with Gasteiger partial charge in [0, 0.05) is 12.1 Å². The zero-order chi connectivity index (χ0) is 13.8. The Morgan fingerprint density at radius 3 is 2.21 bits per heavy atom.